The van der Waals surface area contributed by atoms with Gasteiger partial charge < -0.3 is 5.32 Å². The van der Waals surface area contributed by atoms with Crippen molar-refractivity contribution in [3.8, 4) is 0 Å². The number of carbonyl (C=O) groups is 1. The van der Waals surface area contributed by atoms with Crippen molar-refractivity contribution in [3.63, 3.8) is 0 Å². The molecular formula is C15H21N5O. The normalized spacial score (nSPS) is 11.3. The van der Waals surface area contributed by atoms with Crippen LogP contribution in [0.2, 0.25) is 0 Å². The van der Waals surface area contributed by atoms with Crippen LogP contribution in [-0.2, 0) is 18.4 Å². The highest BCUT2D eigenvalue weighted by Gasteiger charge is 2.11. The molecule has 2 aromatic rings. The lowest BCUT2D eigenvalue weighted by molar-refractivity contribution is -0.111. The SMILES string of the molecule is CCn1ncc(/C=C/C(=O)Nc2c(C)nn(C)c2C)c1C. The molecule has 2 rings (SSSR count). The van der Waals surface area contributed by atoms with E-state index in [9.17, 15) is 4.79 Å². The molecule has 0 aromatic carbocycles. The third kappa shape index (κ3) is 3.04. The van der Waals surface area contributed by atoms with Crippen molar-refractivity contribution in [2.24, 2.45) is 7.05 Å². The minimum Gasteiger partial charge on any atom is -0.319 e. The summed E-state index contributed by atoms with van der Waals surface area (Å²) in [5, 5.41) is 11.4. The maximum absolute atomic E-state index is 12.0. The third-order valence-electron chi connectivity index (χ3n) is 3.61. The number of hydrogen-bond acceptors (Lipinski definition) is 3. The minimum absolute atomic E-state index is 0.169. The Morgan fingerprint density at radius 2 is 2.05 bits per heavy atom. The molecule has 0 saturated heterocycles. The number of carbonyl (C=O) groups excluding carboxylic acids is 1. The van der Waals surface area contributed by atoms with Crippen LogP contribution in [0.3, 0.4) is 0 Å². The molecule has 6 nitrogen and oxygen atoms in total. The van der Waals surface area contributed by atoms with Crippen molar-refractivity contribution in [2.45, 2.75) is 34.2 Å². The first-order chi connectivity index (χ1) is 9.93. The van der Waals surface area contributed by atoms with Gasteiger partial charge in [-0.15, -0.1) is 0 Å². The maximum Gasteiger partial charge on any atom is 0.248 e. The lowest BCUT2D eigenvalue weighted by Crippen LogP contribution is -2.09. The summed E-state index contributed by atoms with van der Waals surface area (Å²) < 4.78 is 3.65. The topological polar surface area (TPSA) is 64.7 Å². The molecule has 0 saturated carbocycles. The average Bonchev–Trinajstić information content (AvgIpc) is 2.91. The van der Waals surface area contributed by atoms with Crippen molar-refractivity contribution < 1.29 is 4.79 Å². The average molecular weight is 287 g/mol. The summed E-state index contributed by atoms with van der Waals surface area (Å²) in [6, 6.07) is 0. The molecule has 21 heavy (non-hydrogen) atoms. The Kier molecular flexibility index (Phi) is 4.26. The summed E-state index contributed by atoms with van der Waals surface area (Å²) in [5.74, 6) is -0.169. The molecule has 1 N–H and O–H groups in total. The lowest BCUT2D eigenvalue weighted by atomic mass is 10.2. The number of hydrogen-bond donors (Lipinski definition) is 1. The summed E-state index contributed by atoms with van der Waals surface area (Å²) in [6.07, 6.45) is 5.07. The molecule has 0 spiro atoms. The van der Waals surface area contributed by atoms with E-state index < -0.39 is 0 Å². The molecular weight excluding hydrogens is 266 g/mol. The van der Waals surface area contributed by atoms with E-state index in [0.29, 0.717) is 0 Å². The summed E-state index contributed by atoms with van der Waals surface area (Å²) in [6.45, 7) is 8.65. The number of anilines is 1. The van der Waals surface area contributed by atoms with E-state index in [4.69, 9.17) is 0 Å². The van der Waals surface area contributed by atoms with E-state index in [-0.39, 0.29) is 5.91 Å². The van der Waals surface area contributed by atoms with Gasteiger partial charge in [-0.2, -0.15) is 10.2 Å². The molecule has 6 heteroatoms. The van der Waals surface area contributed by atoms with Gasteiger partial charge in [-0.25, -0.2) is 0 Å². The molecule has 0 atom stereocenters. The molecule has 0 radical (unpaired) electrons. The van der Waals surface area contributed by atoms with Crippen LogP contribution < -0.4 is 5.32 Å². The fourth-order valence-electron chi connectivity index (χ4n) is 2.23. The van der Waals surface area contributed by atoms with E-state index in [1.165, 1.54) is 6.08 Å². The quantitative estimate of drug-likeness (QED) is 0.877. The number of aromatic nitrogens is 4. The summed E-state index contributed by atoms with van der Waals surface area (Å²) in [5.41, 5.74) is 4.52. The van der Waals surface area contributed by atoms with E-state index in [1.807, 2.05) is 39.4 Å². The zero-order chi connectivity index (χ0) is 15.6. The van der Waals surface area contributed by atoms with Crippen molar-refractivity contribution >= 4 is 17.7 Å². The number of nitrogens with zero attached hydrogens (tertiary/aromatic N) is 4. The molecule has 112 valence electrons. The fourth-order valence-corrected chi connectivity index (χ4v) is 2.23. The van der Waals surface area contributed by atoms with Crippen LogP contribution in [0, 0.1) is 20.8 Å². The van der Waals surface area contributed by atoms with Crippen molar-refractivity contribution in [2.75, 3.05) is 5.32 Å². The van der Waals surface area contributed by atoms with Crippen molar-refractivity contribution in [1.29, 1.82) is 0 Å². The standard InChI is InChI=1S/C15H21N5O/c1-6-20-11(3)13(9-16-20)7-8-14(21)17-15-10(2)18-19(5)12(15)4/h7-9H,6H2,1-5H3,(H,17,21)/b8-7+. The van der Waals surface area contributed by atoms with Gasteiger partial charge >= 0.3 is 0 Å². The van der Waals surface area contributed by atoms with Crippen LogP contribution in [0.4, 0.5) is 5.69 Å². The van der Waals surface area contributed by atoms with Gasteiger partial charge in [-0.05, 0) is 33.8 Å². The third-order valence-corrected chi connectivity index (χ3v) is 3.61. The number of nitrogens with one attached hydrogen (secondary N) is 1. The fraction of sp³-hybridized carbons (Fsp3) is 0.400. The number of amides is 1. The molecule has 0 fully saturated rings. The Labute approximate surface area is 124 Å². The first-order valence-electron chi connectivity index (χ1n) is 6.95. The van der Waals surface area contributed by atoms with Gasteiger partial charge in [0.2, 0.25) is 5.91 Å². The van der Waals surface area contributed by atoms with Crippen LogP contribution in [0.5, 0.6) is 0 Å². The van der Waals surface area contributed by atoms with Crippen molar-refractivity contribution in [3.05, 3.63) is 34.9 Å². The molecule has 0 aliphatic rings. The molecule has 0 unspecified atom stereocenters. The van der Waals surface area contributed by atoms with Crippen molar-refractivity contribution in [1.82, 2.24) is 19.6 Å². The highest BCUT2D eigenvalue weighted by atomic mass is 16.1. The van der Waals surface area contributed by atoms with Gasteiger partial charge in [0.05, 0.1) is 23.3 Å². The highest BCUT2D eigenvalue weighted by molar-refractivity contribution is 6.02. The Bertz CT molecular complexity index is 693. The second-order valence-corrected chi connectivity index (χ2v) is 4.99. The van der Waals surface area contributed by atoms with E-state index >= 15 is 0 Å². The lowest BCUT2D eigenvalue weighted by Gasteiger charge is -2.02. The largest absolute Gasteiger partial charge is 0.319 e. The Morgan fingerprint density at radius 1 is 1.33 bits per heavy atom. The van der Waals surface area contributed by atoms with E-state index in [0.717, 1.165) is 34.9 Å². The number of aryl methyl sites for hydroxylation is 3. The van der Waals surface area contributed by atoms with Crippen LogP contribution >= 0.6 is 0 Å². The zero-order valence-corrected chi connectivity index (χ0v) is 13.1. The van der Waals surface area contributed by atoms with Crippen LogP contribution in [-0.4, -0.2) is 25.5 Å². The zero-order valence-electron chi connectivity index (χ0n) is 13.1. The maximum atomic E-state index is 12.0. The van der Waals surface area contributed by atoms with Gasteiger partial charge in [0.15, 0.2) is 0 Å². The van der Waals surface area contributed by atoms with Gasteiger partial charge in [-0.1, -0.05) is 0 Å². The Balaban J connectivity index is 2.11. The predicted molar refractivity (Wildman–Crippen MR) is 83.0 cm³/mol. The van der Waals surface area contributed by atoms with Gasteiger partial charge in [0.25, 0.3) is 0 Å². The van der Waals surface area contributed by atoms with E-state index in [1.54, 1.807) is 17.0 Å². The first-order valence-corrected chi connectivity index (χ1v) is 6.95. The van der Waals surface area contributed by atoms with Gasteiger partial charge in [0, 0.05) is 30.9 Å². The van der Waals surface area contributed by atoms with Gasteiger partial charge in [-0.3, -0.25) is 14.2 Å². The predicted octanol–water partition coefficient (Wildman–Crippen LogP) is 2.21. The summed E-state index contributed by atoms with van der Waals surface area (Å²) >= 11 is 0. The van der Waals surface area contributed by atoms with Crippen LogP contribution in [0.25, 0.3) is 6.08 Å². The second kappa shape index (κ2) is 5.95. The summed E-state index contributed by atoms with van der Waals surface area (Å²) in [7, 11) is 1.86. The molecule has 1 amide bonds. The van der Waals surface area contributed by atoms with E-state index in [2.05, 4.69) is 15.5 Å². The molecule has 0 bridgehead atoms. The minimum atomic E-state index is -0.169. The molecule has 0 aliphatic carbocycles. The molecule has 2 aromatic heterocycles. The first kappa shape index (κ1) is 15.0. The van der Waals surface area contributed by atoms with Crippen LogP contribution in [0.15, 0.2) is 12.3 Å². The number of rotatable bonds is 4. The Hall–Kier alpha value is -2.37. The van der Waals surface area contributed by atoms with Gasteiger partial charge in [0.1, 0.15) is 0 Å². The molecule has 2 heterocycles. The van der Waals surface area contributed by atoms with Crippen LogP contribution in [0.1, 0.15) is 29.6 Å². The summed E-state index contributed by atoms with van der Waals surface area (Å²) in [4.78, 5) is 12.0. The molecule has 0 aliphatic heterocycles. The second-order valence-electron chi connectivity index (χ2n) is 4.99. The smallest absolute Gasteiger partial charge is 0.248 e. The monoisotopic (exact) mass is 287 g/mol. The Morgan fingerprint density at radius 3 is 2.57 bits per heavy atom. The highest BCUT2D eigenvalue weighted by Crippen LogP contribution is 2.18.